The van der Waals surface area contributed by atoms with Crippen molar-refractivity contribution in [1.82, 2.24) is 9.88 Å². The van der Waals surface area contributed by atoms with Gasteiger partial charge in [0.05, 0.1) is 13.2 Å². The minimum Gasteiger partial charge on any atom is -0.396 e. The summed E-state index contributed by atoms with van der Waals surface area (Å²) in [5.41, 5.74) is 0.546. The van der Waals surface area contributed by atoms with Crippen molar-refractivity contribution in [3.63, 3.8) is 0 Å². The zero-order chi connectivity index (χ0) is 11.6. The molecule has 16 heavy (non-hydrogen) atoms. The molecule has 88 valence electrons. The summed E-state index contributed by atoms with van der Waals surface area (Å²) in [5, 5.41) is 19.0. The summed E-state index contributed by atoms with van der Waals surface area (Å²) in [6.45, 7) is 3.90. The van der Waals surface area contributed by atoms with E-state index in [1.165, 1.54) is 0 Å². The van der Waals surface area contributed by atoms with Crippen molar-refractivity contribution >= 4 is 0 Å². The van der Waals surface area contributed by atoms with E-state index in [9.17, 15) is 10.2 Å². The number of aliphatic hydroxyl groups excluding tert-OH is 2. The van der Waals surface area contributed by atoms with Gasteiger partial charge in [-0.3, -0.25) is 9.88 Å². The van der Waals surface area contributed by atoms with Gasteiger partial charge in [-0.05, 0) is 11.6 Å². The fraction of sp³-hybridized carbons (Fsp3) is 0.583. The van der Waals surface area contributed by atoms with Gasteiger partial charge in [-0.15, -0.1) is 0 Å². The molecule has 1 aliphatic heterocycles. The second-order valence-electron chi connectivity index (χ2n) is 4.70. The van der Waals surface area contributed by atoms with Gasteiger partial charge in [0.15, 0.2) is 0 Å². The second-order valence-corrected chi connectivity index (χ2v) is 4.70. The minimum atomic E-state index is -0.514. The van der Waals surface area contributed by atoms with Crippen molar-refractivity contribution in [1.29, 1.82) is 0 Å². The van der Waals surface area contributed by atoms with Crippen LogP contribution in [0.5, 0.6) is 0 Å². The summed E-state index contributed by atoms with van der Waals surface area (Å²) in [6, 6.07) is 3.94. The van der Waals surface area contributed by atoms with Crippen molar-refractivity contribution in [2.24, 2.45) is 5.41 Å². The third kappa shape index (κ3) is 2.09. The lowest BCUT2D eigenvalue weighted by Crippen LogP contribution is -2.37. The molecule has 1 fully saturated rings. The second kappa shape index (κ2) is 4.49. The Bertz CT molecular complexity index is 334. The molecule has 0 bridgehead atoms. The molecule has 4 nitrogen and oxygen atoms in total. The molecule has 2 N–H and O–H groups in total. The standard InChI is InChI=1S/C12H18N2O2/c1-12(8-15,9-16)11(14-5-6-14)10-3-2-4-13-7-10/h2-4,7,11,15-16H,5-6,8-9H2,1H3. The number of rotatable bonds is 5. The lowest BCUT2D eigenvalue weighted by molar-refractivity contribution is 0.0163. The van der Waals surface area contributed by atoms with Crippen LogP contribution in [0.3, 0.4) is 0 Å². The molecule has 0 saturated carbocycles. The van der Waals surface area contributed by atoms with Gasteiger partial charge >= 0.3 is 0 Å². The Morgan fingerprint density at radius 2 is 2.12 bits per heavy atom. The van der Waals surface area contributed by atoms with E-state index in [2.05, 4.69) is 9.88 Å². The average molecular weight is 222 g/mol. The Kier molecular flexibility index (Phi) is 3.23. The van der Waals surface area contributed by atoms with E-state index in [4.69, 9.17) is 0 Å². The molecule has 0 radical (unpaired) electrons. The Hall–Kier alpha value is -0.970. The molecule has 0 aromatic carbocycles. The van der Waals surface area contributed by atoms with E-state index in [0.29, 0.717) is 0 Å². The molecule has 1 aromatic rings. The molecule has 2 heterocycles. The van der Waals surface area contributed by atoms with Gasteiger partial charge in [0.2, 0.25) is 0 Å². The first-order valence-corrected chi connectivity index (χ1v) is 5.57. The van der Waals surface area contributed by atoms with Crippen molar-refractivity contribution in [2.45, 2.75) is 13.0 Å². The lowest BCUT2D eigenvalue weighted by atomic mass is 9.80. The Balaban J connectivity index is 2.30. The van der Waals surface area contributed by atoms with Gasteiger partial charge in [-0.1, -0.05) is 13.0 Å². The van der Waals surface area contributed by atoms with E-state index in [1.54, 1.807) is 6.20 Å². The molecular weight excluding hydrogens is 204 g/mol. The average Bonchev–Trinajstić information content (AvgIpc) is 3.15. The van der Waals surface area contributed by atoms with E-state index in [0.717, 1.165) is 18.7 Å². The van der Waals surface area contributed by atoms with Gasteiger partial charge in [0.1, 0.15) is 0 Å². The van der Waals surface area contributed by atoms with Crippen LogP contribution in [0.15, 0.2) is 24.5 Å². The van der Waals surface area contributed by atoms with Crippen LogP contribution in [0.4, 0.5) is 0 Å². The zero-order valence-electron chi connectivity index (χ0n) is 9.50. The predicted molar refractivity (Wildman–Crippen MR) is 60.8 cm³/mol. The first-order valence-electron chi connectivity index (χ1n) is 5.57. The highest BCUT2D eigenvalue weighted by molar-refractivity contribution is 5.19. The molecular formula is C12H18N2O2. The number of pyridine rings is 1. The van der Waals surface area contributed by atoms with Crippen LogP contribution in [0.25, 0.3) is 0 Å². The fourth-order valence-electron chi connectivity index (χ4n) is 2.13. The monoisotopic (exact) mass is 222 g/mol. The van der Waals surface area contributed by atoms with Gasteiger partial charge < -0.3 is 10.2 Å². The van der Waals surface area contributed by atoms with Crippen LogP contribution in [-0.2, 0) is 0 Å². The Morgan fingerprint density at radius 1 is 1.44 bits per heavy atom. The molecule has 0 amide bonds. The molecule has 1 saturated heterocycles. The lowest BCUT2D eigenvalue weighted by Gasteiger charge is -2.35. The largest absolute Gasteiger partial charge is 0.396 e. The van der Waals surface area contributed by atoms with Crippen LogP contribution >= 0.6 is 0 Å². The van der Waals surface area contributed by atoms with Crippen LogP contribution in [0.1, 0.15) is 18.5 Å². The smallest absolute Gasteiger partial charge is 0.0525 e. The Labute approximate surface area is 95.5 Å². The van der Waals surface area contributed by atoms with Crippen molar-refractivity contribution in [3.05, 3.63) is 30.1 Å². The maximum Gasteiger partial charge on any atom is 0.0525 e. The summed E-state index contributed by atoms with van der Waals surface area (Å²) < 4.78 is 0. The SMILES string of the molecule is CC(CO)(CO)C(c1cccnc1)N1CC1. The fourth-order valence-corrected chi connectivity index (χ4v) is 2.13. The summed E-state index contributed by atoms with van der Waals surface area (Å²) in [7, 11) is 0. The molecule has 1 unspecified atom stereocenters. The van der Waals surface area contributed by atoms with Gasteiger partial charge in [0.25, 0.3) is 0 Å². The molecule has 1 atom stereocenters. The van der Waals surface area contributed by atoms with Crippen molar-refractivity contribution in [2.75, 3.05) is 26.3 Å². The zero-order valence-corrected chi connectivity index (χ0v) is 9.50. The number of nitrogens with zero attached hydrogens (tertiary/aromatic N) is 2. The van der Waals surface area contributed by atoms with Gasteiger partial charge in [-0.25, -0.2) is 0 Å². The van der Waals surface area contributed by atoms with Crippen LogP contribution in [-0.4, -0.2) is 46.4 Å². The third-order valence-electron chi connectivity index (χ3n) is 3.23. The Morgan fingerprint density at radius 3 is 2.56 bits per heavy atom. The molecule has 1 aromatic heterocycles. The van der Waals surface area contributed by atoms with Crippen LogP contribution < -0.4 is 0 Å². The third-order valence-corrected chi connectivity index (χ3v) is 3.23. The minimum absolute atomic E-state index is 0.0282. The summed E-state index contributed by atoms with van der Waals surface area (Å²) in [5.74, 6) is 0. The number of aliphatic hydroxyl groups is 2. The van der Waals surface area contributed by atoms with Crippen LogP contribution in [0.2, 0.25) is 0 Å². The summed E-state index contributed by atoms with van der Waals surface area (Å²) >= 11 is 0. The van der Waals surface area contributed by atoms with E-state index < -0.39 is 5.41 Å². The van der Waals surface area contributed by atoms with Crippen molar-refractivity contribution < 1.29 is 10.2 Å². The normalized spacial score (nSPS) is 18.4. The maximum atomic E-state index is 9.49. The highest BCUT2D eigenvalue weighted by Crippen LogP contribution is 2.40. The molecule has 4 heteroatoms. The first-order chi connectivity index (χ1) is 7.71. The molecule has 2 rings (SSSR count). The molecule has 0 aliphatic carbocycles. The molecule has 0 spiro atoms. The van der Waals surface area contributed by atoms with E-state index in [-0.39, 0.29) is 19.3 Å². The summed E-state index contributed by atoms with van der Waals surface area (Å²) in [4.78, 5) is 6.35. The highest BCUT2D eigenvalue weighted by atomic mass is 16.3. The quantitative estimate of drug-likeness (QED) is 0.709. The number of hydrogen-bond donors (Lipinski definition) is 2. The maximum absolute atomic E-state index is 9.49. The van der Waals surface area contributed by atoms with E-state index >= 15 is 0 Å². The molecule has 1 aliphatic rings. The van der Waals surface area contributed by atoms with Gasteiger partial charge in [-0.2, -0.15) is 0 Å². The van der Waals surface area contributed by atoms with E-state index in [1.807, 2.05) is 25.3 Å². The predicted octanol–water partition coefficient (Wildman–Crippen LogP) is 0.429. The van der Waals surface area contributed by atoms with Gasteiger partial charge in [0, 0.05) is 36.9 Å². The summed E-state index contributed by atoms with van der Waals surface area (Å²) in [6.07, 6.45) is 3.55. The number of hydrogen-bond acceptors (Lipinski definition) is 4. The topological polar surface area (TPSA) is 56.4 Å². The first kappa shape index (κ1) is 11.5. The van der Waals surface area contributed by atoms with Crippen LogP contribution in [0, 0.1) is 5.41 Å². The highest BCUT2D eigenvalue weighted by Gasteiger charge is 2.42. The van der Waals surface area contributed by atoms with Crippen molar-refractivity contribution in [3.8, 4) is 0 Å². The number of aromatic nitrogens is 1.